The first-order valence-electron chi connectivity index (χ1n) is 5.44. The van der Waals surface area contributed by atoms with E-state index < -0.39 is 17.9 Å². The lowest BCUT2D eigenvalue weighted by atomic mass is 9.90. The number of ether oxygens (including phenoxy) is 2. The van der Waals surface area contributed by atoms with Crippen LogP contribution in [0.5, 0.6) is 0 Å². The zero-order chi connectivity index (χ0) is 12.5. The third kappa shape index (κ3) is 2.78. The van der Waals surface area contributed by atoms with Gasteiger partial charge < -0.3 is 20.3 Å². The Kier molecular flexibility index (Phi) is 3.70. The van der Waals surface area contributed by atoms with Crippen LogP contribution in [-0.4, -0.2) is 24.5 Å². The van der Waals surface area contributed by atoms with Gasteiger partial charge in [0.05, 0.1) is 18.6 Å². The van der Waals surface area contributed by atoms with E-state index >= 15 is 0 Å². The summed E-state index contributed by atoms with van der Waals surface area (Å²) in [5.41, 5.74) is 5.84. The number of nitrogens with two attached hydrogens (primary N) is 1. The van der Waals surface area contributed by atoms with E-state index in [1.165, 1.54) is 0 Å². The summed E-state index contributed by atoms with van der Waals surface area (Å²) in [7, 11) is 0. The number of aliphatic hydroxyl groups excluding tert-OH is 1. The zero-order valence-electron chi connectivity index (χ0n) is 9.60. The summed E-state index contributed by atoms with van der Waals surface area (Å²) in [6.07, 6.45) is -1.37. The molecule has 1 unspecified atom stereocenters. The lowest BCUT2D eigenvalue weighted by molar-refractivity contribution is -0.248. The van der Waals surface area contributed by atoms with Gasteiger partial charge in [0.25, 0.3) is 0 Å². The van der Waals surface area contributed by atoms with E-state index in [1.54, 1.807) is 12.1 Å². The Morgan fingerprint density at radius 1 is 1.35 bits per heavy atom. The molecule has 1 fully saturated rings. The molecule has 0 saturated carbocycles. The largest absolute Gasteiger partial charge is 0.378 e. The standard InChI is InChI=1S/C12H16ClNO3/c1-12(11(14)15)6-16-10(17-7-12)8-2-4-9(13)5-3-8/h2-5,10-11,15H,6-7,14H2,1H3. The Morgan fingerprint density at radius 3 is 2.35 bits per heavy atom. The van der Waals surface area contributed by atoms with E-state index in [9.17, 15) is 5.11 Å². The number of rotatable bonds is 2. The number of benzene rings is 1. The summed E-state index contributed by atoms with van der Waals surface area (Å²) in [5, 5.41) is 10.1. The molecule has 4 nitrogen and oxygen atoms in total. The summed E-state index contributed by atoms with van der Waals surface area (Å²) in [6.45, 7) is 2.55. The topological polar surface area (TPSA) is 64.7 Å². The molecule has 17 heavy (non-hydrogen) atoms. The quantitative estimate of drug-likeness (QED) is 0.791. The second-order valence-electron chi connectivity index (χ2n) is 4.60. The highest BCUT2D eigenvalue weighted by Gasteiger charge is 2.37. The molecular weight excluding hydrogens is 242 g/mol. The van der Waals surface area contributed by atoms with Crippen molar-refractivity contribution >= 4 is 11.6 Å². The lowest BCUT2D eigenvalue weighted by Crippen LogP contribution is -2.49. The van der Waals surface area contributed by atoms with Gasteiger partial charge in [-0.3, -0.25) is 0 Å². The van der Waals surface area contributed by atoms with Crippen LogP contribution in [0.2, 0.25) is 5.02 Å². The van der Waals surface area contributed by atoms with Gasteiger partial charge in [-0.25, -0.2) is 0 Å². The maximum Gasteiger partial charge on any atom is 0.183 e. The van der Waals surface area contributed by atoms with Gasteiger partial charge in [0.1, 0.15) is 6.23 Å². The molecule has 1 aromatic rings. The van der Waals surface area contributed by atoms with Crippen molar-refractivity contribution in [3.63, 3.8) is 0 Å². The summed E-state index contributed by atoms with van der Waals surface area (Å²) in [6, 6.07) is 7.29. The van der Waals surface area contributed by atoms with Gasteiger partial charge in [0, 0.05) is 10.6 Å². The zero-order valence-corrected chi connectivity index (χ0v) is 10.4. The molecule has 1 aromatic carbocycles. The van der Waals surface area contributed by atoms with Crippen molar-refractivity contribution in [1.29, 1.82) is 0 Å². The van der Waals surface area contributed by atoms with Gasteiger partial charge >= 0.3 is 0 Å². The van der Waals surface area contributed by atoms with Crippen LogP contribution in [0.15, 0.2) is 24.3 Å². The molecule has 0 amide bonds. The molecule has 1 aliphatic heterocycles. The van der Waals surface area contributed by atoms with Gasteiger partial charge in [-0.05, 0) is 12.1 Å². The highest BCUT2D eigenvalue weighted by molar-refractivity contribution is 6.30. The summed E-state index contributed by atoms with van der Waals surface area (Å²) >= 11 is 5.81. The van der Waals surface area contributed by atoms with Crippen molar-refractivity contribution in [3.05, 3.63) is 34.9 Å². The van der Waals surface area contributed by atoms with Crippen molar-refractivity contribution in [2.24, 2.45) is 11.1 Å². The summed E-state index contributed by atoms with van der Waals surface area (Å²) in [4.78, 5) is 0. The Hall–Kier alpha value is -0.650. The first-order chi connectivity index (χ1) is 8.01. The van der Waals surface area contributed by atoms with Crippen LogP contribution in [0.25, 0.3) is 0 Å². The predicted molar refractivity (Wildman–Crippen MR) is 64.4 cm³/mol. The molecule has 3 N–H and O–H groups in total. The minimum absolute atomic E-state index is 0.359. The maximum atomic E-state index is 9.43. The van der Waals surface area contributed by atoms with E-state index in [0.717, 1.165) is 5.56 Å². The second kappa shape index (κ2) is 4.92. The maximum absolute atomic E-state index is 9.43. The third-order valence-electron chi connectivity index (χ3n) is 2.99. The number of halogens is 1. The highest BCUT2D eigenvalue weighted by Crippen LogP contribution is 2.32. The van der Waals surface area contributed by atoms with Crippen LogP contribution in [0, 0.1) is 5.41 Å². The molecule has 94 valence electrons. The van der Waals surface area contributed by atoms with Crippen molar-refractivity contribution in [3.8, 4) is 0 Å². The monoisotopic (exact) mass is 257 g/mol. The fraction of sp³-hybridized carbons (Fsp3) is 0.500. The number of hydrogen-bond donors (Lipinski definition) is 2. The predicted octanol–water partition coefficient (Wildman–Crippen LogP) is 1.67. The van der Waals surface area contributed by atoms with E-state index in [4.69, 9.17) is 26.8 Å². The molecule has 1 saturated heterocycles. The van der Waals surface area contributed by atoms with E-state index in [2.05, 4.69) is 0 Å². The smallest absolute Gasteiger partial charge is 0.183 e. The molecule has 1 atom stereocenters. The molecular formula is C12H16ClNO3. The molecule has 0 aliphatic carbocycles. The average Bonchev–Trinajstić information content (AvgIpc) is 2.31. The van der Waals surface area contributed by atoms with Gasteiger partial charge in [0.2, 0.25) is 0 Å². The Morgan fingerprint density at radius 2 is 1.88 bits per heavy atom. The molecule has 0 spiro atoms. The molecule has 0 radical (unpaired) electrons. The highest BCUT2D eigenvalue weighted by atomic mass is 35.5. The molecule has 5 heteroatoms. The number of aliphatic hydroxyl groups is 1. The van der Waals surface area contributed by atoms with Crippen molar-refractivity contribution < 1.29 is 14.6 Å². The Balaban J connectivity index is 2.02. The number of hydrogen-bond acceptors (Lipinski definition) is 4. The first kappa shape index (κ1) is 12.8. The summed E-state index contributed by atoms with van der Waals surface area (Å²) < 4.78 is 11.2. The van der Waals surface area contributed by atoms with Crippen LogP contribution in [0.4, 0.5) is 0 Å². The van der Waals surface area contributed by atoms with Crippen molar-refractivity contribution in [1.82, 2.24) is 0 Å². The Bertz CT molecular complexity index is 372. The minimum atomic E-state index is -0.950. The minimum Gasteiger partial charge on any atom is -0.378 e. The Labute approximate surface area is 105 Å². The van der Waals surface area contributed by atoms with Crippen LogP contribution >= 0.6 is 11.6 Å². The lowest BCUT2D eigenvalue weighted by Gasteiger charge is -2.39. The van der Waals surface area contributed by atoms with Gasteiger partial charge in [-0.2, -0.15) is 0 Å². The SMILES string of the molecule is CC1(C(N)O)COC(c2ccc(Cl)cc2)OC1. The fourth-order valence-corrected chi connectivity index (χ4v) is 1.73. The van der Waals surface area contributed by atoms with Gasteiger partial charge in [-0.15, -0.1) is 0 Å². The van der Waals surface area contributed by atoms with Crippen LogP contribution < -0.4 is 5.73 Å². The van der Waals surface area contributed by atoms with Crippen molar-refractivity contribution in [2.45, 2.75) is 19.4 Å². The van der Waals surface area contributed by atoms with Gasteiger partial charge in [-0.1, -0.05) is 30.7 Å². The molecule has 2 rings (SSSR count). The molecule has 1 aliphatic rings. The van der Waals surface area contributed by atoms with E-state index in [1.807, 2.05) is 19.1 Å². The second-order valence-corrected chi connectivity index (χ2v) is 5.04. The molecule has 1 heterocycles. The van der Waals surface area contributed by atoms with Gasteiger partial charge in [0.15, 0.2) is 6.29 Å². The van der Waals surface area contributed by atoms with Crippen LogP contribution in [0.3, 0.4) is 0 Å². The van der Waals surface area contributed by atoms with E-state index in [-0.39, 0.29) is 0 Å². The molecule has 0 aromatic heterocycles. The fourth-order valence-electron chi connectivity index (χ4n) is 1.61. The first-order valence-corrected chi connectivity index (χ1v) is 5.81. The van der Waals surface area contributed by atoms with Crippen molar-refractivity contribution in [2.75, 3.05) is 13.2 Å². The van der Waals surface area contributed by atoms with Crippen LogP contribution in [0.1, 0.15) is 18.8 Å². The van der Waals surface area contributed by atoms with E-state index in [0.29, 0.717) is 18.2 Å². The summed E-state index contributed by atoms with van der Waals surface area (Å²) in [5.74, 6) is 0. The average molecular weight is 258 g/mol. The van der Waals surface area contributed by atoms with Crippen LogP contribution in [-0.2, 0) is 9.47 Å². The third-order valence-corrected chi connectivity index (χ3v) is 3.24. The molecule has 0 bridgehead atoms. The normalized spacial score (nSPS) is 31.2.